The van der Waals surface area contributed by atoms with Crippen molar-refractivity contribution < 1.29 is 18.0 Å². The van der Waals surface area contributed by atoms with Crippen LogP contribution in [0.1, 0.15) is 12.0 Å². The molecule has 31 heavy (non-hydrogen) atoms. The van der Waals surface area contributed by atoms with Crippen molar-refractivity contribution >= 4 is 29.4 Å². The molecule has 0 spiro atoms. The Kier molecular flexibility index (Phi) is 6.03. The number of thioether (sulfide) groups is 1. The molecule has 3 heterocycles. The summed E-state index contributed by atoms with van der Waals surface area (Å²) in [5.74, 6) is 1.70. The van der Waals surface area contributed by atoms with Crippen LogP contribution in [0.5, 0.6) is 0 Å². The first-order valence-corrected chi connectivity index (χ1v) is 11.2. The van der Waals surface area contributed by atoms with Crippen molar-refractivity contribution in [3.63, 3.8) is 0 Å². The molecule has 0 saturated carbocycles. The molecule has 1 aromatic carbocycles. The van der Waals surface area contributed by atoms with E-state index in [4.69, 9.17) is 0 Å². The van der Waals surface area contributed by atoms with E-state index in [1.807, 2.05) is 16.1 Å². The average molecular weight is 450 g/mol. The van der Waals surface area contributed by atoms with Crippen molar-refractivity contribution in [2.75, 3.05) is 43.1 Å². The van der Waals surface area contributed by atoms with Gasteiger partial charge < -0.3 is 9.80 Å². The monoisotopic (exact) mass is 450 g/mol. The van der Waals surface area contributed by atoms with E-state index in [1.165, 1.54) is 16.8 Å². The molecule has 1 fully saturated rings. The molecule has 0 unspecified atom stereocenters. The van der Waals surface area contributed by atoms with Gasteiger partial charge in [0.1, 0.15) is 0 Å². The molecule has 1 aliphatic rings. The number of piperazine rings is 1. The average Bonchev–Trinajstić information content (AvgIpc) is 3.21. The van der Waals surface area contributed by atoms with Gasteiger partial charge in [0.25, 0.3) is 5.78 Å². The zero-order chi connectivity index (χ0) is 22.0. The summed E-state index contributed by atoms with van der Waals surface area (Å²) in [5, 5.41) is 4.51. The van der Waals surface area contributed by atoms with Crippen LogP contribution in [0.2, 0.25) is 0 Å². The summed E-state index contributed by atoms with van der Waals surface area (Å²) in [6, 6.07) is 6.72. The fourth-order valence-corrected chi connectivity index (χ4v) is 3.87. The van der Waals surface area contributed by atoms with Gasteiger partial charge in [-0.1, -0.05) is 12.1 Å². The number of fused-ring (bicyclic) bond motifs is 1. The van der Waals surface area contributed by atoms with Gasteiger partial charge in [0, 0.05) is 50.1 Å². The summed E-state index contributed by atoms with van der Waals surface area (Å²) in [6.07, 6.45) is -0.422. The molecule has 0 bridgehead atoms. The topological polar surface area (TPSA) is 66.6 Å². The number of alkyl halides is 3. The number of anilines is 1. The first-order chi connectivity index (χ1) is 14.9. The summed E-state index contributed by atoms with van der Waals surface area (Å²) in [6.45, 7) is 2.33. The molecule has 7 nitrogen and oxygen atoms in total. The third kappa shape index (κ3) is 4.60. The third-order valence-corrected chi connectivity index (χ3v) is 5.76. The van der Waals surface area contributed by atoms with Crippen LogP contribution >= 0.6 is 11.8 Å². The minimum Gasteiger partial charge on any atom is -0.339 e. The van der Waals surface area contributed by atoms with Gasteiger partial charge in [-0.25, -0.2) is 4.98 Å². The Morgan fingerprint density at radius 1 is 1.16 bits per heavy atom. The quantitative estimate of drug-likeness (QED) is 0.595. The van der Waals surface area contributed by atoms with Crippen LogP contribution < -0.4 is 4.90 Å². The Hall–Kier alpha value is -2.82. The summed E-state index contributed by atoms with van der Waals surface area (Å²) in [4.78, 5) is 24.7. The van der Waals surface area contributed by atoms with Crippen molar-refractivity contribution in [1.82, 2.24) is 24.5 Å². The van der Waals surface area contributed by atoms with Crippen molar-refractivity contribution in [3.8, 4) is 11.3 Å². The number of carbonyl (C=O) groups is 1. The maximum atomic E-state index is 13.1. The number of benzene rings is 1. The maximum Gasteiger partial charge on any atom is 0.416 e. The van der Waals surface area contributed by atoms with Crippen LogP contribution in [-0.2, 0) is 11.0 Å². The Morgan fingerprint density at radius 2 is 1.94 bits per heavy atom. The molecule has 3 aromatic rings. The standard InChI is InChI=1S/C20H21F3N6OS/c1-31-12-6-17(30)27-8-10-28(11-9-27)19-25-18-24-7-5-16(29(18)26-19)14-3-2-4-15(13-14)20(21,22)23/h2-5,7,13H,6,8-12H2,1H3. The van der Waals surface area contributed by atoms with E-state index < -0.39 is 11.7 Å². The minimum atomic E-state index is -4.43. The van der Waals surface area contributed by atoms with Gasteiger partial charge in [-0.05, 0) is 24.5 Å². The van der Waals surface area contributed by atoms with E-state index in [1.54, 1.807) is 23.9 Å². The van der Waals surface area contributed by atoms with Gasteiger partial charge in [-0.15, -0.1) is 5.10 Å². The van der Waals surface area contributed by atoms with E-state index in [0.29, 0.717) is 55.6 Å². The zero-order valence-corrected chi connectivity index (χ0v) is 17.7. The van der Waals surface area contributed by atoms with Gasteiger partial charge in [0.05, 0.1) is 11.3 Å². The first-order valence-electron chi connectivity index (χ1n) is 9.78. The summed E-state index contributed by atoms with van der Waals surface area (Å²) in [7, 11) is 0. The van der Waals surface area contributed by atoms with Crippen molar-refractivity contribution in [1.29, 1.82) is 0 Å². The van der Waals surface area contributed by atoms with Crippen LogP contribution in [0.25, 0.3) is 17.0 Å². The summed E-state index contributed by atoms with van der Waals surface area (Å²) < 4.78 is 40.8. The van der Waals surface area contributed by atoms with Crippen LogP contribution in [0.4, 0.5) is 19.1 Å². The number of aromatic nitrogens is 4. The number of nitrogens with zero attached hydrogens (tertiary/aromatic N) is 6. The van der Waals surface area contributed by atoms with Crippen LogP contribution in [-0.4, -0.2) is 68.6 Å². The molecule has 1 saturated heterocycles. The number of rotatable bonds is 5. The molecule has 0 atom stereocenters. The molecule has 1 amide bonds. The molecular weight excluding hydrogens is 429 g/mol. The van der Waals surface area contributed by atoms with Crippen molar-refractivity contribution in [2.24, 2.45) is 0 Å². The lowest BCUT2D eigenvalue weighted by atomic mass is 10.1. The highest BCUT2D eigenvalue weighted by molar-refractivity contribution is 7.98. The fraction of sp³-hybridized carbons (Fsp3) is 0.400. The van der Waals surface area contributed by atoms with Gasteiger partial charge in [-0.2, -0.15) is 34.4 Å². The Bertz CT molecular complexity index is 1080. The highest BCUT2D eigenvalue weighted by Crippen LogP contribution is 2.32. The molecule has 0 N–H and O–H groups in total. The number of carbonyl (C=O) groups excluding carboxylic acids is 1. The normalized spacial score (nSPS) is 15.0. The smallest absolute Gasteiger partial charge is 0.339 e. The number of hydrogen-bond acceptors (Lipinski definition) is 6. The van der Waals surface area contributed by atoms with E-state index in [-0.39, 0.29) is 5.91 Å². The van der Waals surface area contributed by atoms with Gasteiger partial charge >= 0.3 is 6.18 Å². The second kappa shape index (κ2) is 8.74. The second-order valence-corrected chi connectivity index (χ2v) is 8.13. The van der Waals surface area contributed by atoms with Gasteiger partial charge in [0.15, 0.2) is 0 Å². The van der Waals surface area contributed by atoms with E-state index in [9.17, 15) is 18.0 Å². The third-order valence-electron chi connectivity index (χ3n) is 5.15. The molecule has 1 aliphatic heterocycles. The summed E-state index contributed by atoms with van der Waals surface area (Å²) in [5.41, 5.74) is 0.126. The molecule has 0 radical (unpaired) electrons. The van der Waals surface area contributed by atoms with Crippen LogP contribution in [0, 0.1) is 0 Å². The molecular formula is C20H21F3N6OS. The zero-order valence-electron chi connectivity index (χ0n) is 16.8. The largest absolute Gasteiger partial charge is 0.416 e. The Labute approximate surface area is 181 Å². The van der Waals surface area contributed by atoms with E-state index in [2.05, 4.69) is 15.1 Å². The predicted molar refractivity (Wildman–Crippen MR) is 113 cm³/mol. The number of amides is 1. The second-order valence-electron chi connectivity index (χ2n) is 7.14. The molecule has 0 aliphatic carbocycles. The maximum absolute atomic E-state index is 13.1. The van der Waals surface area contributed by atoms with Crippen molar-refractivity contribution in [2.45, 2.75) is 12.6 Å². The Balaban J connectivity index is 1.56. The lowest BCUT2D eigenvalue weighted by Gasteiger charge is -2.34. The lowest BCUT2D eigenvalue weighted by molar-refractivity contribution is -0.137. The van der Waals surface area contributed by atoms with Crippen molar-refractivity contribution in [3.05, 3.63) is 42.1 Å². The first kappa shape index (κ1) is 21.4. The molecule has 11 heteroatoms. The van der Waals surface area contributed by atoms with E-state index >= 15 is 0 Å². The molecule has 2 aromatic heterocycles. The Morgan fingerprint density at radius 3 is 2.65 bits per heavy atom. The highest BCUT2D eigenvalue weighted by Gasteiger charge is 2.31. The lowest BCUT2D eigenvalue weighted by Crippen LogP contribution is -2.49. The molecule has 164 valence electrons. The van der Waals surface area contributed by atoms with Gasteiger partial charge in [-0.3, -0.25) is 4.79 Å². The molecule has 4 rings (SSSR count). The van der Waals surface area contributed by atoms with Crippen LogP contribution in [0.3, 0.4) is 0 Å². The predicted octanol–water partition coefficient (Wildman–Crippen LogP) is 3.21. The SMILES string of the molecule is CSCCC(=O)N1CCN(c2nc3nccc(-c4cccc(C(F)(F)F)c4)n3n2)CC1. The number of hydrogen-bond donors (Lipinski definition) is 0. The summed E-state index contributed by atoms with van der Waals surface area (Å²) >= 11 is 1.65. The highest BCUT2D eigenvalue weighted by atomic mass is 32.2. The fourth-order valence-electron chi connectivity index (χ4n) is 3.49. The van der Waals surface area contributed by atoms with Gasteiger partial charge in [0.2, 0.25) is 11.9 Å². The van der Waals surface area contributed by atoms with E-state index in [0.717, 1.165) is 17.9 Å². The number of halogens is 3. The minimum absolute atomic E-state index is 0.144. The van der Waals surface area contributed by atoms with Crippen LogP contribution in [0.15, 0.2) is 36.5 Å².